The normalized spacial score (nSPS) is 30.5. The van der Waals surface area contributed by atoms with E-state index in [0.29, 0.717) is 25.9 Å². The van der Waals surface area contributed by atoms with Gasteiger partial charge in [0, 0.05) is 19.1 Å². The summed E-state index contributed by atoms with van der Waals surface area (Å²) in [5.74, 6) is 0.296. The number of nitrogens with zero attached hydrogens (tertiary/aromatic N) is 1. The first-order valence-electron chi connectivity index (χ1n) is 5.83. The van der Waals surface area contributed by atoms with Crippen LogP contribution in [-0.4, -0.2) is 62.6 Å². The van der Waals surface area contributed by atoms with E-state index in [4.69, 9.17) is 10.5 Å². The van der Waals surface area contributed by atoms with Gasteiger partial charge in [0.15, 0.2) is 0 Å². The lowest BCUT2D eigenvalue weighted by atomic mass is 10.1. The van der Waals surface area contributed by atoms with Gasteiger partial charge in [-0.15, -0.1) is 0 Å². The fourth-order valence-corrected chi connectivity index (χ4v) is 3.80. The van der Waals surface area contributed by atoms with Crippen LogP contribution in [0.4, 0.5) is 0 Å². The second kappa shape index (κ2) is 4.91. The Hall–Kier alpha value is -0.660. The number of nitrogens with two attached hydrogens (primary N) is 1. The van der Waals surface area contributed by atoms with Gasteiger partial charge >= 0.3 is 0 Å². The summed E-state index contributed by atoms with van der Waals surface area (Å²) in [6.07, 6.45) is 0.947. The molecule has 98 valence electrons. The van der Waals surface area contributed by atoms with Crippen LogP contribution < -0.4 is 5.73 Å². The van der Waals surface area contributed by atoms with Crippen molar-refractivity contribution in [2.75, 3.05) is 31.2 Å². The van der Waals surface area contributed by atoms with E-state index in [0.717, 1.165) is 0 Å². The van der Waals surface area contributed by atoms with Gasteiger partial charge in [-0.1, -0.05) is 0 Å². The van der Waals surface area contributed by atoms with E-state index in [-0.39, 0.29) is 36.2 Å². The van der Waals surface area contributed by atoms with E-state index < -0.39 is 9.84 Å². The minimum atomic E-state index is -2.88. The molecule has 2 N–H and O–H groups in total. The van der Waals surface area contributed by atoms with E-state index in [1.54, 1.807) is 4.90 Å². The highest BCUT2D eigenvalue weighted by Gasteiger charge is 2.34. The summed E-state index contributed by atoms with van der Waals surface area (Å²) in [6, 6.07) is 0.0315. The molecule has 17 heavy (non-hydrogen) atoms. The molecule has 2 rings (SSSR count). The van der Waals surface area contributed by atoms with Crippen molar-refractivity contribution in [1.82, 2.24) is 4.90 Å². The highest BCUT2D eigenvalue weighted by molar-refractivity contribution is 7.91. The average molecular weight is 262 g/mol. The zero-order valence-corrected chi connectivity index (χ0v) is 10.5. The lowest BCUT2D eigenvalue weighted by Crippen LogP contribution is -2.54. The van der Waals surface area contributed by atoms with Gasteiger partial charge in [0.1, 0.15) is 16.4 Å². The fourth-order valence-electron chi connectivity index (χ4n) is 2.33. The first kappa shape index (κ1) is 12.8. The number of amides is 1. The molecule has 1 atom stereocenters. The standard InChI is InChI=1S/C10H18N2O4S/c11-5-9-6-12(10(13)7-16-9)8-1-3-17(14,15)4-2-8/h8-9H,1-7,11H2. The van der Waals surface area contributed by atoms with E-state index in [1.165, 1.54) is 0 Å². The largest absolute Gasteiger partial charge is 0.365 e. The van der Waals surface area contributed by atoms with Crippen molar-refractivity contribution < 1.29 is 17.9 Å². The number of carbonyl (C=O) groups is 1. The Morgan fingerprint density at radius 3 is 2.59 bits per heavy atom. The van der Waals surface area contributed by atoms with Gasteiger partial charge in [-0.05, 0) is 12.8 Å². The van der Waals surface area contributed by atoms with Crippen LogP contribution in [0.1, 0.15) is 12.8 Å². The maximum atomic E-state index is 11.7. The SMILES string of the molecule is NCC1CN(C2CCS(=O)(=O)CC2)C(=O)CO1. The zero-order valence-electron chi connectivity index (χ0n) is 9.67. The van der Waals surface area contributed by atoms with Crippen LogP contribution in [0.15, 0.2) is 0 Å². The Bertz CT molecular complexity index is 381. The van der Waals surface area contributed by atoms with Crippen molar-refractivity contribution >= 4 is 15.7 Å². The van der Waals surface area contributed by atoms with Crippen molar-refractivity contribution in [1.29, 1.82) is 0 Å². The summed E-state index contributed by atoms with van der Waals surface area (Å²) < 4.78 is 27.9. The molecule has 0 aromatic carbocycles. The van der Waals surface area contributed by atoms with Gasteiger partial charge in [-0.3, -0.25) is 4.79 Å². The molecule has 0 spiro atoms. The van der Waals surface area contributed by atoms with Crippen molar-refractivity contribution in [2.45, 2.75) is 25.0 Å². The van der Waals surface area contributed by atoms with Crippen molar-refractivity contribution in [2.24, 2.45) is 5.73 Å². The molecular formula is C10H18N2O4S. The van der Waals surface area contributed by atoms with Gasteiger partial charge in [-0.25, -0.2) is 8.42 Å². The van der Waals surface area contributed by atoms with Crippen molar-refractivity contribution in [3.8, 4) is 0 Å². The van der Waals surface area contributed by atoms with E-state index in [1.807, 2.05) is 0 Å². The van der Waals surface area contributed by atoms with Crippen LogP contribution >= 0.6 is 0 Å². The second-order valence-corrected chi connectivity index (χ2v) is 6.90. The maximum absolute atomic E-state index is 11.7. The highest BCUT2D eigenvalue weighted by atomic mass is 32.2. The van der Waals surface area contributed by atoms with Gasteiger partial charge in [0.2, 0.25) is 5.91 Å². The molecule has 0 aliphatic carbocycles. The molecule has 2 heterocycles. The molecule has 0 aromatic heterocycles. The predicted molar refractivity (Wildman–Crippen MR) is 62.2 cm³/mol. The van der Waals surface area contributed by atoms with Crippen LogP contribution in [0.3, 0.4) is 0 Å². The molecular weight excluding hydrogens is 244 g/mol. The summed E-state index contributed by atoms with van der Waals surface area (Å²) >= 11 is 0. The minimum Gasteiger partial charge on any atom is -0.365 e. The summed E-state index contributed by atoms with van der Waals surface area (Å²) in [7, 11) is -2.88. The molecule has 0 bridgehead atoms. The summed E-state index contributed by atoms with van der Waals surface area (Å²) in [6.45, 7) is 0.931. The Balaban J connectivity index is 1.99. The van der Waals surface area contributed by atoms with Gasteiger partial charge in [0.25, 0.3) is 0 Å². The number of carbonyl (C=O) groups excluding carboxylic acids is 1. The quantitative estimate of drug-likeness (QED) is 0.671. The number of hydrogen-bond acceptors (Lipinski definition) is 5. The molecule has 0 radical (unpaired) electrons. The Morgan fingerprint density at radius 1 is 1.35 bits per heavy atom. The molecule has 2 saturated heterocycles. The Morgan fingerprint density at radius 2 is 2.00 bits per heavy atom. The van der Waals surface area contributed by atoms with Crippen molar-refractivity contribution in [3.05, 3.63) is 0 Å². The van der Waals surface area contributed by atoms with Gasteiger partial charge in [-0.2, -0.15) is 0 Å². The maximum Gasteiger partial charge on any atom is 0.248 e. The smallest absolute Gasteiger partial charge is 0.248 e. The predicted octanol–water partition coefficient (Wildman–Crippen LogP) is -1.25. The number of ether oxygens (including phenoxy) is 1. The lowest BCUT2D eigenvalue weighted by Gasteiger charge is -2.39. The second-order valence-electron chi connectivity index (χ2n) is 4.60. The molecule has 2 aliphatic heterocycles. The van der Waals surface area contributed by atoms with E-state index >= 15 is 0 Å². The molecule has 2 aliphatic rings. The fraction of sp³-hybridized carbons (Fsp3) is 0.900. The number of rotatable bonds is 2. The average Bonchev–Trinajstić information content (AvgIpc) is 2.30. The van der Waals surface area contributed by atoms with Crippen LogP contribution in [-0.2, 0) is 19.4 Å². The number of sulfone groups is 1. The molecule has 0 saturated carbocycles. The lowest BCUT2D eigenvalue weighted by molar-refractivity contribution is -0.151. The zero-order chi connectivity index (χ0) is 12.5. The third-order valence-electron chi connectivity index (χ3n) is 3.39. The van der Waals surface area contributed by atoms with E-state index in [2.05, 4.69) is 0 Å². The Labute approximate surface area is 101 Å². The summed E-state index contributed by atoms with van der Waals surface area (Å²) in [4.78, 5) is 13.5. The van der Waals surface area contributed by atoms with Crippen molar-refractivity contribution in [3.63, 3.8) is 0 Å². The first-order chi connectivity index (χ1) is 8.02. The molecule has 0 aromatic rings. The van der Waals surface area contributed by atoms with E-state index in [9.17, 15) is 13.2 Å². The molecule has 2 fully saturated rings. The third kappa shape index (κ3) is 2.97. The Kier molecular flexibility index (Phi) is 3.70. The minimum absolute atomic E-state index is 0.0315. The monoisotopic (exact) mass is 262 g/mol. The highest BCUT2D eigenvalue weighted by Crippen LogP contribution is 2.20. The molecule has 1 amide bonds. The molecule has 7 heteroatoms. The van der Waals surface area contributed by atoms with Gasteiger partial charge < -0.3 is 15.4 Å². The summed E-state index contributed by atoms with van der Waals surface area (Å²) in [5.41, 5.74) is 5.52. The first-order valence-corrected chi connectivity index (χ1v) is 7.65. The number of morpholine rings is 1. The van der Waals surface area contributed by atoms with Crippen LogP contribution in [0.5, 0.6) is 0 Å². The van der Waals surface area contributed by atoms with Gasteiger partial charge in [0.05, 0.1) is 17.6 Å². The topological polar surface area (TPSA) is 89.7 Å². The third-order valence-corrected chi connectivity index (χ3v) is 5.11. The summed E-state index contributed by atoms with van der Waals surface area (Å²) in [5, 5.41) is 0. The number of hydrogen-bond donors (Lipinski definition) is 1. The van der Waals surface area contributed by atoms with Crippen LogP contribution in [0, 0.1) is 0 Å². The van der Waals surface area contributed by atoms with Crippen LogP contribution in [0.25, 0.3) is 0 Å². The molecule has 1 unspecified atom stereocenters. The molecule has 6 nitrogen and oxygen atoms in total. The van der Waals surface area contributed by atoms with Crippen LogP contribution in [0.2, 0.25) is 0 Å².